The van der Waals surface area contributed by atoms with Crippen LogP contribution in [0.25, 0.3) is 10.8 Å². The summed E-state index contributed by atoms with van der Waals surface area (Å²) >= 11 is 3.96. The number of esters is 1. The lowest BCUT2D eigenvalue weighted by atomic mass is 9.95. The van der Waals surface area contributed by atoms with Crippen LogP contribution in [0.4, 0.5) is 10.5 Å². The van der Waals surface area contributed by atoms with E-state index in [9.17, 15) is 14.7 Å². The highest BCUT2D eigenvalue weighted by molar-refractivity contribution is 7.81. The topological polar surface area (TPSA) is 94.1 Å². The number of ether oxygens (including phenoxy) is 3. The molecular formula is C30H29NO6S. The van der Waals surface area contributed by atoms with Crippen LogP contribution in [0.1, 0.15) is 23.7 Å². The van der Waals surface area contributed by atoms with Crippen molar-refractivity contribution >= 4 is 41.2 Å². The van der Waals surface area contributed by atoms with E-state index in [1.807, 2.05) is 55.5 Å². The van der Waals surface area contributed by atoms with E-state index in [0.29, 0.717) is 27.8 Å². The number of rotatable bonds is 10. The van der Waals surface area contributed by atoms with Gasteiger partial charge in [-0.25, -0.2) is 4.79 Å². The molecule has 0 aromatic heterocycles. The lowest BCUT2D eigenvalue weighted by Gasteiger charge is -2.29. The first-order valence-corrected chi connectivity index (χ1v) is 12.8. The molecule has 0 bridgehead atoms. The third kappa shape index (κ3) is 6.98. The van der Waals surface area contributed by atoms with Gasteiger partial charge in [-0.15, -0.1) is 0 Å². The molecule has 1 amide bonds. The Morgan fingerprint density at radius 2 is 1.58 bits per heavy atom. The monoisotopic (exact) mass is 531 g/mol. The number of benzene rings is 4. The van der Waals surface area contributed by atoms with Crippen molar-refractivity contribution < 1.29 is 28.9 Å². The van der Waals surface area contributed by atoms with E-state index in [1.54, 1.807) is 42.5 Å². The third-order valence-electron chi connectivity index (χ3n) is 5.94. The first-order chi connectivity index (χ1) is 18.4. The summed E-state index contributed by atoms with van der Waals surface area (Å²) in [5.74, 6) is 0.159. The van der Waals surface area contributed by atoms with Crippen LogP contribution in [0.3, 0.4) is 0 Å². The number of carbonyl (C=O) groups is 2. The molecule has 0 spiro atoms. The van der Waals surface area contributed by atoms with Gasteiger partial charge in [-0.05, 0) is 42.6 Å². The fourth-order valence-corrected chi connectivity index (χ4v) is 4.17. The van der Waals surface area contributed by atoms with Gasteiger partial charge in [0.05, 0.1) is 12.4 Å². The van der Waals surface area contributed by atoms with Gasteiger partial charge < -0.3 is 19.3 Å². The minimum absolute atomic E-state index is 0.0341. The second-order valence-electron chi connectivity index (χ2n) is 8.67. The number of hydrogen-bond acceptors (Lipinski definition) is 7. The van der Waals surface area contributed by atoms with Gasteiger partial charge in [-0.1, -0.05) is 66.2 Å². The lowest BCUT2D eigenvalue weighted by Crippen LogP contribution is -2.32. The zero-order valence-corrected chi connectivity index (χ0v) is 21.8. The molecule has 2 N–H and O–H groups in total. The number of aromatic hydroxyl groups is 1. The summed E-state index contributed by atoms with van der Waals surface area (Å²) in [6.45, 7) is 1.99. The molecule has 0 radical (unpaired) electrons. The van der Waals surface area contributed by atoms with E-state index in [-0.39, 0.29) is 24.5 Å². The molecule has 0 aliphatic rings. The lowest BCUT2D eigenvalue weighted by molar-refractivity contribution is -0.141. The van der Waals surface area contributed by atoms with Crippen molar-refractivity contribution in [3.63, 3.8) is 0 Å². The van der Waals surface area contributed by atoms with Crippen LogP contribution in [0, 0.1) is 6.92 Å². The molecule has 4 aromatic rings. The summed E-state index contributed by atoms with van der Waals surface area (Å²) in [6, 6.07) is 27.1. The second-order valence-corrected chi connectivity index (χ2v) is 8.99. The number of amides is 1. The van der Waals surface area contributed by atoms with E-state index in [4.69, 9.17) is 14.2 Å². The van der Waals surface area contributed by atoms with E-state index in [2.05, 4.69) is 17.9 Å². The van der Waals surface area contributed by atoms with Gasteiger partial charge in [0.2, 0.25) is 0 Å². The number of fused-ring (bicyclic) bond motifs is 1. The molecule has 7 nitrogen and oxygen atoms in total. The molecule has 0 heterocycles. The first-order valence-electron chi connectivity index (χ1n) is 12.2. The quantitative estimate of drug-likeness (QED) is 0.161. The van der Waals surface area contributed by atoms with Crippen molar-refractivity contribution in [3.8, 4) is 11.5 Å². The van der Waals surface area contributed by atoms with E-state index in [1.165, 1.54) is 0 Å². The summed E-state index contributed by atoms with van der Waals surface area (Å²) in [6.07, 6.45) is -2.10. The number of hydrogen-bond donors (Lipinski definition) is 3. The van der Waals surface area contributed by atoms with Gasteiger partial charge in [0.15, 0.2) is 6.10 Å². The Morgan fingerprint density at radius 1 is 0.895 bits per heavy atom. The van der Waals surface area contributed by atoms with Gasteiger partial charge >= 0.3 is 12.1 Å². The molecule has 0 unspecified atom stereocenters. The zero-order valence-electron chi connectivity index (χ0n) is 20.9. The summed E-state index contributed by atoms with van der Waals surface area (Å²) in [4.78, 5) is 24.9. The molecule has 4 rings (SSSR count). The SMILES string of the molecule is Cc1ccc(NC(=O)O[C@@H](c2ccc(O)c3ccccc23)[C@H](CCOC(=O)CS)Oc2ccccc2)cc1. The van der Waals surface area contributed by atoms with Crippen LogP contribution in [0.2, 0.25) is 0 Å². The highest BCUT2D eigenvalue weighted by Crippen LogP contribution is 2.36. The zero-order chi connectivity index (χ0) is 26.9. The number of anilines is 1. The van der Waals surface area contributed by atoms with E-state index in [0.717, 1.165) is 5.56 Å². The Labute approximate surface area is 226 Å². The molecule has 196 valence electrons. The minimum Gasteiger partial charge on any atom is -0.507 e. The van der Waals surface area contributed by atoms with Gasteiger partial charge in [-0.2, -0.15) is 12.6 Å². The van der Waals surface area contributed by atoms with Crippen molar-refractivity contribution in [2.24, 2.45) is 0 Å². The van der Waals surface area contributed by atoms with Crippen LogP contribution >= 0.6 is 12.6 Å². The third-order valence-corrected chi connectivity index (χ3v) is 6.19. The number of aryl methyl sites for hydroxylation is 1. The Morgan fingerprint density at radius 3 is 2.29 bits per heavy atom. The second kappa shape index (κ2) is 12.9. The number of thiol groups is 1. The van der Waals surface area contributed by atoms with Crippen molar-refractivity contribution in [1.82, 2.24) is 0 Å². The number of carbonyl (C=O) groups excluding carboxylic acids is 2. The van der Waals surface area contributed by atoms with Gasteiger partial charge in [0, 0.05) is 23.1 Å². The van der Waals surface area contributed by atoms with Gasteiger partial charge in [-0.3, -0.25) is 10.1 Å². The maximum absolute atomic E-state index is 13.1. The van der Waals surface area contributed by atoms with Crippen LogP contribution in [0.15, 0.2) is 91.0 Å². The fourth-order valence-electron chi connectivity index (χ4n) is 4.07. The summed E-state index contributed by atoms with van der Waals surface area (Å²) in [5.41, 5.74) is 2.28. The normalized spacial score (nSPS) is 12.4. The molecule has 4 aromatic carbocycles. The van der Waals surface area contributed by atoms with E-state index < -0.39 is 24.3 Å². The predicted octanol–water partition coefficient (Wildman–Crippen LogP) is 6.45. The fraction of sp³-hybridized carbons (Fsp3) is 0.200. The number of nitrogens with one attached hydrogen (secondary N) is 1. The minimum atomic E-state index is -0.916. The molecule has 38 heavy (non-hydrogen) atoms. The highest BCUT2D eigenvalue weighted by atomic mass is 32.1. The maximum Gasteiger partial charge on any atom is 0.412 e. The molecule has 0 saturated carbocycles. The Bertz CT molecular complexity index is 1380. The van der Waals surface area contributed by atoms with Crippen LogP contribution in [0.5, 0.6) is 11.5 Å². The average molecular weight is 532 g/mol. The molecule has 0 aliphatic heterocycles. The molecule has 8 heteroatoms. The smallest absolute Gasteiger partial charge is 0.412 e. The Balaban J connectivity index is 1.71. The molecule has 0 fully saturated rings. The summed E-state index contributed by atoms with van der Waals surface area (Å²) < 4.78 is 17.6. The van der Waals surface area contributed by atoms with Crippen LogP contribution in [-0.2, 0) is 14.3 Å². The number of phenols is 1. The number of phenolic OH excluding ortho intramolecular Hbond substituents is 1. The Hall–Kier alpha value is -4.17. The van der Waals surface area contributed by atoms with Crippen molar-refractivity contribution in [2.75, 3.05) is 17.7 Å². The van der Waals surface area contributed by atoms with E-state index >= 15 is 0 Å². The highest BCUT2D eigenvalue weighted by Gasteiger charge is 2.31. The first kappa shape index (κ1) is 26.9. The number of para-hydroxylation sites is 1. The summed E-state index contributed by atoms with van der Waals surface area (Å²) in [7, 11) is 0. The molecular weight excluding hydrogens is 502 g/mol. The van der Waals surface area contributed by atoms with Crippen LogP contribution in [-0.4, -0.2) is 35.6 Å². The molecule has 0 aliphatic carbocycles. The maximum atomic E-state index is 13.1. The summed E-state index contributed by atoms with van der Waals surface area (Å²) in [5, 5.41) is 14.5. The van der Waals surface area contributed by atoms with Crippen LogP contribution < -0.4 is 10.1 Å². The van der Waals surface area contributed by atoms with Gasteiger partial charge in [0.1, 0.15) is 17.6 Å². The molecule has 0 saturated heterocycles. The largest absolute Gasteiger partial charge is 0.507 e. The Kier molecular flexibility index (Phi) is 9.11. The van der Waals surface area contributed by atoms with Crippen molar-refractivity contribution in [3.05, 3.63) is 102 Å². The average Bonchev–Trinajstić information content (AvgIpc) is 2.93. The predicted molar refractivity (Wildman–Crippen MR) is 150 cm³/mol. The molecule has 2 atom stereocenters. The van der Waals surface area contributed by atoms with Gasteiger partial charge in [0.25, 0.3) is 0 Å². The van der Waals surface area contributed by atoms with Crippen molar-refractivity contribution in [2.45, 2.75) is 25.6 Å². The standard InChI is InChI=1S/C30H29NO6S/c1-20-11-13-21(14-12-20)31-30(34)37-29(25-15-16-26(32)24-10-6-5-9-23(24)25)27(17-18-35-28(33)19-38)36-22-7-3-2-4-8-22/h2-16,27,29,32,38H,17-19H2,1H3,(H,31,34)/t27-,29-/m0/s1. The van der Waals surface area contributed by atoms with Crippen molar-refractivity contribution in [1.29, 1.82) is 0 Å².